The molecule has 0 bridgehead atoms. The minimum atomic E-state index is 0.508. The lowest BCUT2D eigenvalue weighted by molar-refractivity contribution is -0.0288. The van der Waals surface area contributed by atoms with Crippen LogP contribution in [0.1, 0.15) is 31.7 Å². The van der Waals surface area contributed by atoms with E-state index in [4.69, 9.17) is 9.47 Å². The molecule has 3 heteroatoms. The molecule has 0 spiro atoms. The quantitative estimate of drug-likeness (QED) is 0.792. The van der Waals surface area contributed by atoms with E-state index in [-0.39, 0.29) is 0 Å². The Labute approximate surface area is 122 Å². The first kappa shape index (κ1) is 15.3. The Balaban J connectivity index is 1.84. The van der Waals surface area contributed by atoms with Crippen molar-refractivity contribution in [2.24, 2.45) is 5.92 Å². The lowest BCUT2D eigenvalue weighted by Gasteiger charge is -2.37. The molecule has 0 radical (unpaired) electrons. The van der Waals surface area contributed by atoms with Crippen molar-refractivity contribution in [1.82, 2.24) is 5.32 Å². The van der Waals surface area contributed by atoms with Gasteiger partial charge in [0.2, 0.25) is 0 Å². The van der Waals surface area contributed by atoms with Crippen molar-refractivity contribution in [3.63, 3.8) is 0 Å². The molecule has 0 aromatic heterocycles. The van der Waals surface area contributed by atoms with E-state index in [1.807, 2.05) is 12.1 Å². The second-order valence-electron chi connectivity index (χ2n) is 5.65. The lowest BCUT2D eigenvalue weighted by atomic mass is 9.77. The fourth-order valence-electron chi connectivity index (χ4n) is 3.08. The molecule has 0 saturated heterocycles. The van der Waals surface area contributed by atoms with Crippen LogP contribution in [-0.2, 0) is 11.2 Å². The molecule has 2 rings (SSSR count). The van der Waals surface area contributed by atoms with Crippen LogP contribution in [0.3, 0.4) is 0 Å². The summed E-state index contributed by atoms with van der Waals surface area (Å²) in [6.07, 6.45) is 5.19. The largest absolute Gasteiger partial charge is 0.496 e. The van der Waals surface area contributed by atoms with Crippen molar-refractivity contribution in [2.45, 2.75) is 44.8 Å². The molecule has 0 aliphatic heterocycles. The predicted molar refractivity (Wildman–Crippen MR) is 82.3 cm³/mol. The van der Waals surface area contributed by atoms with Gasteiger partial charge in [-0.15, -0.1) is 0 Å². The van der Waals surface area contributed by atoms with Gasteiger partial charge in [-0.1, -0.05) is 18.2 Å². The van der Waals surface area contributed by atoms with Crippen LogP contribution >= 0.6 is 0 Å². The summed E-state index contributed by atoms with van der Waals surface area (Å²) in [6, 6.07) is 8.82. The van der Waals surface area contributed by atoms with Crippen molar-refractivity contribution in [3.8, 4) is 5.75 Å². The maximum atomic E-state index is 5.64. The fourth-order valence-corrected chi connectivity index (χ4v) is 3.08. The Kier molecular flexibility index (Phi) is 5.86. The average molecular weight is 277 g/mol. The summed E-state index contributed by atoms with van der Waals surface area (Å²) < 4.78 is 11.1. The van der Waals surface area contributed by atoms with Gasteiger partial charge in [0.05, 0.1) is 13.2 Å². The molecule has 1 N–H and O–H groups in total. The zero-order valence-corrected chi connectivity index (χ0v) is 12.9. The van der Waals surface area contributed by atoms with Crippen molar-refractivity contribution in [1.29, 1.82) is 0 Å². The third-order valence-corrected chi connectivity index (χ3v) is 4.28. The third-order valence-electron chi connectivity index (χ3n) is 4.28. The Bertz CT molecular complexity index is 402. The number of hydrogen-bond acceptors (Lipinski definition) is 3. The molecular weight excluding hydrogens is 250 g/mol. The highest BCUT2D eigenvalue weighted by Gasteiger charge is 2.31. The maximum absolute atomic E-state index is 5.64. The summed E-state index contributed by atoms with van der Waals surface area (Å²) >= 11 is 0. The van der Waals surface area contributed by atoms with Crippen LogP contribution in [0, 0.1) is 5.92 Å². The highest BCUT2D eigenvalue weighted by atomic mass is 16.5. The minimum absolute atomic E-state index is 0.508. The molecule has 112 valence electrons. The van der Waals surface area contributed by atoms with Gasteiger partial charge in [0, 0.05) is 12.6 Å². The number of ether oxygens (including phenoxy) is 2. The van der Waals surface area contributed by atoms with Gasteiger partial charge >= 0.3 is 0 Å². The predicted octanol–water partition coefficient (Wildman–Crippen LogP) is 3.03. The van der Waals surface area contributed by atoms with Crippen LogP contribution in [0.4, 0.5) is 0 Å². The second-order valence-corrected chi connectivity index (χ2v) is 5.65. The lowest BCUT2D eigenvalue weighted by Crippen LogP contribution is -2.38. The molecule has 20 heavy (non-hydrogen) atoms. The first-order valence-corrected chi connectivity index (χ1v) is 7.67. The van der Waals surface area contributed by atoms with Gasteiger partial charge in [0.15, 0.2) is 0 Å². The molecule has 0 amide bonds. The summed E-state index contributed by atoms with van der Waals surface area (Å²) in [4.78, 5) is 0. The second kappa shape index (κ2) is 7.65. The number of hydrogen-bond donors (Lipinski definition) is 1. The molecule has 1 unspecified atom stereocenters. The summed E-state index contributed by atoms with van der Waals surface area (Å²) in [5.41, 5.74) is 1.29. The monoisotopic (exact) mass is 277 g/mol. The molecule has 1 fully saturated rings. The molecule has 1 aliphatic rings. The average Bonchev–Trinajstić information content (AvgIpc) is 2.44. The molecule has 1 aliphatic carbocycles. The van der Waals surface area contributed by atoms with E-state index in [9.17, 15) is 0 Å². The highest BCUT2D eigenvalue weighted by molar-refractivity contribution is 5.33. The number of methoxy groups -OCH3 is 1. The fraction of sp³-hybridized carbons (Fsp3) is 0.647. The van der Waals surface area contributed by atoms with Crippen molar-refractivity contribution < 1.29 is 9.47 Å². The van der Waals surface area contributed by atoms with Gasteiger partial charge in [-0.25, -0.2) is 0 Å². The highest BCUT2D eigenvalue weighted by Crippen LogP contribution is 2.34. The van der Waals surface area contributed by atoms with Crippen molar-refractivity contribution in [3.05, 3.63) is 29.8 Å². The standard InChI is InChI=1S/C17H27NO2/c1-4-20-16-10-13(11-16)9-15(18-2)12-14-7-5-6-8-17(14)19-3/h5-8,13,15-16,18H,4,9-12H2,1-3H3. The van der Waals surface area contributed by atoms with Crippen molar-refractivity contribution in [2.75, 3.05) is 20.8 Å². The molecule has 1 aromatic carbocycles. The van der Waals surface area contributed by atoms with E-state index >= 15 is 0 Å². The van der Waals surface area contributed by atoms with Gasteiger partial charge < -0.3 is 14.8 Å². The maximum Gasteiger partial charge on any atom is 0.122 e. The van der Waals surface area contributed by atoms with Crippen LogP contribution in [0.2, 0.25) is 0 Å². The molecular formula is C17H27NO2. The number of benzene rings is 1. The van der Waals surface area contributed by atoms with E-state index < -0.39 is 0 Å². The summed E-state index contributed by atoms with van der Waals surface area (Å²) in [7, 11) is 3.80. The zero-order chi connectivity index (χ0) is 14.4. The van der Waals surface area contributed by atoms with Gasteiger partial charge in [0.25, 0.3) is 0 Å². The minimum Gasteiger partial charge on any atom is -0.496 e. The first-order valence-electron chi connectivity index (χ1n) is 7.67. The summed E-state index contributed by atoms with van der Waals surface area (Å²) in [5, 5.41) is 3.45. The number of likely N-dealkylation sites (N-methyl/N-ethyl adjacent to an activating group) is 1. The molecule has 0 heterocycles. The smallest absolute Gasteiger partial charge is 0.122 e. The Morgan fingerprint density at radius 3 is 2.70 bits per heavy atom. The first-order chi connectivity index (χ1) is 9.76. The van der Waals surface area contributed by atoms with Gasteiger partial charge in [-0.05, 0) is 57.2 Å². The van der Waals surface area contributed by atoms with Gasteiger partial charge in [-0.3, -0.25) is 0 Å². The van der Waals surface area contributed by atoms with E-state index in [2.05, 4.69) is 31.4 Å². The van der Waals surface area contributed by atoms with Gasteiger partial charge in [0.1, 0.15) is 5.75 Å². The van der Waals surface area contributed by atoms with E-state index in [0.717, 1.165) is 24.7 Å². The Hall–Kier alpha value is -1.06. The number of para-hydroxylation sites is 1. The van der Waals surface area contributed by atoms with Crippen LogP contribution in [0.15, 0.2) is 24.3 Å². The van der Waals surface area contributed by atoms with Crippen LogP contribution in [-0.4, -0.2) is 32.9 Å². The van der Waals surface area contributed by atoms with E-state index in [0.29, 0.717) is 12.1 Å². The summed E-state index contributed by atoms with van der Waals surface area (Å²) in [6.45, 7) is 2.92. The van der Waals surface area contributed by atoms with Crippen LogP contribution < -0.4 is 10.1 Å². The Morgan fingerprint density at radius 1 is 1.30 bits per heavy atom. The third kappa shape index (κ3) is 3.97. The SMILES string of the molecule is CCOC1CC(CC(Cc2ccccc2OC)NC)C1. The molecule has 1 aromatic rings. The molecule has 1 saturated carbocycles. The summed E-state index contributed by atoms with van der Waals surface area (Å²) in [5.74, 6) is 1.80. The molecule has 1 atom stereocenters. The zero-order valence-electron chi connectivity index (χ0n) is 12.9. The van der Waals surface area contributed by atoms with E-state index in [1.54, 1.807) is 7.11 Å². The van der Waals surface area contributed by atoms with E-state index in [1.165, 1.54) is 24.8 Å². The normalized spacial score (nSPS) is 23.1. The number of nitrogens with one attached hydrogen (secondary N) is 1. The topological polar surface area (TPSA) is 30.5 Å². The van der Waals surface area contributed by atoms with Crippen LogP contribution in [0.5, 0.6) is 5.75 Å². The van der Waals surface area contributed by atoms with Crippen LogP contribution in [0.25, 0.3) is 0 Å². The Morgan fingerprint density at radius 2 is 2.05 bits per heavy atom. The van der Waals surface area contributed by atoms with Gasteiger partial charge in [-0.2, -0.15) is 0 Å². The number of rotatable bonds is 8. The molecule has 3 nitrogen and oxygen atoms in total. The van der Waals surface area contributed by atoms with Crippen molar-refractivity contribution >= 4 is 0 Å².